The average Bonchev–Trinajstić information content (AvgIpc) is 2.67. The van der Waals surface area contributed by atoms with Gasteiger partial charge in [-0.25, -0.2) is 0 Å². The third-order valence-corrected chi connectivity index (χ3v) is 4.85. The van der Waals surface area contributed by atoms with Crippen molar-refractivity contribution in [1.29, 1.82) is 0 Å². The first kappa shape index (κ1) is 14.3. The molecule has 2 saturated heterocycles. The minimum atomic E-state index is 0.728. The van der Waals surface area contributed by atoms with Crippen molar-refractivity contribution < 1.29 is 0 Å². The molecule has 0 aromatic heterocycles. The van der Waals surface area contributed by atoms with Crippen LogP contribution in [0.15, 0.2) is 0 Å². The first-order valence-corrected chi connectivity index (χ1v) is 7.81. The van der Waals surface area contributed by atoms with E-state index in [-0.39, 0.29) is 0 Å². The number of likely N-dealkylation sites (tertiary alicyclic amines) is 2. The summed E-state index contributed by atoms with van der Waals surface area (Å²) in [4.78, 5) is 5.11. The molecule has 106 valence electrons. The van der Waals surface area contributed by atoms with E-state index in [9.17, 15) is 0 Å². The molecule has 1 N–H and O–H groups in total. The van der Waals surface area contributed by atoms with Crippen LogP contribution >= 0.6 is 0 Å². The van der Waals surface area contributed by atoms with E-state index in [4.69, 9.17) is 0 Å². The van der Waals surface area contributed by atoms with Crippen LogP contribution < -0.4 is 5.32 Å². The topological polar surface area (TPSA) is 18.5 Å². The van der Waals surface area contributed by atoms with Crippen LogP contribution in [-0.2, 0) is 0 Å². The lowest BCUT2D eigenvalue weighted by atomic mass is 9.99. The van der Waals surface area contributed by atoms with E-state index in [2.05, 4.69) is 36.0 Å². The summed E-state index contributed by atoms with van der Waals surface area (Å²) in [5.74, 6) is 0.954. The molecule has 2 aliphatic heterocycles. The summed E-state index contributed by atoms with van der Waals surface area (Å²) in [6, 6.07) is 1.48. The Hall–Kier alpha value is -0.120. The summed E-state index contributed by atoms with van der Waals surface area (Å²) >= 11 is 0. The summed E-state index contributed by atoms with van der Waals surface area (Å²) in [5, 5.41) is 3.72. The molecule has 3 nitrogen and oxygen atoms in total. The Balaban J connectivity index is 1.51. The quantitative estimate of drug-likeness (QED) is 0.754. The van der Waals surface area contributed by atoms with E-state index in [0.717, 1.165) is 18.0 Å². The zero-order chi connectivity index (χ0) is 13.0. The molecule has 2 atom stereocenters. The van der Waals surface area contributed by atoms with Crippen molar-refractivity contribution in [2.45, 2.75) is 51.6 Å². The van der Waals surface area contributed by atoms with Gasteiger partial charge in [-0.15, -0.1) is 0 Å². The van der Waals surface area contributed by atoms with Crippen molar-refractivity contribution in [3.05, 3.63) is 0 Å². The van der Waals surface area contributed by atoms with Gasteiger partial charge in [-0.05, 0) is 71.8 Å². The van der Waals surface area contributed by atoms with Crippen molar-refractivity contribution in [2.75, 3.05) is 39.8 Å². The zero-order valence-electron chi connectivity index (χ0n) is 12.5. The third-order valence-electron chi connectivity index (χ3n) is 4.85. The maximum Gasteiger partial charge on any atom is 0.0209 e. The Labute approximate surface area is 113 Å². The van der Waals surface area contributed by atoms with Crippen LogP contribution in [0.1, 0.15) is 39.5 Å². The van der Waals surface area contributed by atoms with Crippen molar-refractivity contribution in [3.8, 4) is 0 Å². The lowest BCUT2D eigenvalue weighted by molar-refractivity contribution is 0.190. The van der Waals surface area contributed by atoms with Gasteiger partial charge in [0.2, 0.25) is 0 Å². The highest BCUT2D eigenvalue weighted by Crippen LogP contribution is 2.16. The fourth-order valence-electron chi connectivity index (χ4n) is 3.24. The predicted molar refractivity (Wildman–Crippen MR) is 78.0 cm³/mol. The summed E-state index contributed by atoms with van der Waals surface area (Å²) in [6.07, 6.45) is 5.43. The molecule has 0 radical (unpaired) electrons. The summed E-state index contributed by atoms with van der Waals surface area (Å²) in [5.41, 5.74) is 0. The van der Waals surface area contributed by atoms with E-state index in [0.29, 0.717) is 0 Å². The highest BCUT2D eigenvalue weighted by atomic mass is 15.2. The minimum absolute atomic E-state index is 0.728. The molecule has 2 rings (SSSR count). The molecule has 3 heteroatoms. The van der Waals surface area contributed by atoms with Crippen LogP contribution in [0.4, 0.5) is 0 Å². The van der Waals surface area contributed by atoms with Gasteiger partial charge in [0.25, 0.3) is 0 Å². The third kappa shape index (κ3) is 4.22. The monoisotopic (exact) mass is 253 g/mol. The van der Waals surface area contributed by atoms with Crippen LogP contribution in [-0.4, -0.2) is 61.7 Å². The Morgan fingerprint density at radius 1 is 1.17 bits per heavy atom. The lowest BCUT2D eigenvalue weighted by Gasteiger charge is -2.30. The highest BCUT2D eigenvalue weighted by molar-refractivity contribution is 4.84. The molecule has 2 unspecified atom stereocenters. The number of piperidine rings is 1. The minimum Gasteiger partial charge on any atom is -0.313 e. The van der Waals surface area contributed by atoms with Crippen LogP contribution in [0, 0.1) is 5.92 Å². The molecule has 2 heterocycles. The van der Waals surface area contributed by atoms with Gasteiger partial charge >= 0.3 is 0 Å². The van der Waals surface area contributed by atoms with E-state index >= 15 is 0 Å². The van der Waals surface area contributed by atoms with Gasteiger partial charge in [0.05, 0.1) is 0 Å². The molecule has 18 heavy (non-hydrogen) atoms. The SMILES string of the molecule is CC1CCN(CCCNC2CC(C)N(C)C2)CC1. The molecule has 2 fully saturated rings. The number of nitrogens with zero attached hydrogens (tertiary/aromatic N) is 2. The van der Waals surface area contributed by atoms with Gasteiger partial charge in [0, 0.05) is 18.6 Å². The van der Waals surface area contributed by atoms with Gasteiger partial charge < -0.3 is 15.1 Å². The summed E-state index contributed by atoms with van der Waals surface area (Å²) in [7, 11) is 2.24. The fraction of sp³-hybridized carbons (Fsp3) is 1.00. The maximum absolute atomic E-state index is 3.72. The molecule has 0 amide bonds. The van der Waals surface area contributed by atoms with Gasteiger partial charge in [-0.3, -0.25) is 0 Å². The van der Waals surface area contributed by atoms with Crippen LogP contribution in [0.3, 0.4) is 0 Å². The zero-order valence-corrected chi connectivity index (χ0v) is 12.5. The number of hydrogen-bond acceptors (Lipinski definition) is 3. The molecular weight excluding hydrogens is 222 g/mol. The standard InChI is InChI=1S/C15H31N3/c1-13-5-9-18(10-6-13)8-4-7-16-15-11-14(2)17(3)12-15/h13-16H,4-12H2,1-3H3. The smallest absolute Gasteiger partial charge is 0.0209 e. The molecule has 0 aliphatic carbocycles. The molecular formula is C15H31N3. The van der Waals surface area contributed by atoms with E-state index in [1.165, 1.54) is 58.4 Å². The summed E-state index contributed by atoms with van der Waals surface area (Å²) in [6.45, 7) is 11.1. The Morgan fingerprint density at radius 2 is 1.89 bits per heavy atom. The number of hydrogen-bond donors (Lipinski definition) is 1. The van der Waals surface area contributed by atoms with Gasteiger partial charge in [0.1, 0.15) is 0 Å². The average molecular weight is 253 g/mol. The van der Waals surface area contributed by atoms with Gasteiger partial charge in [0.15, 0.2) is 0 Å². The predicted octanol–water partition coefficient (Wildman–Crippen LogP) is 1.79. The van der Waals surface area contributed by atoms with Crippen LogP contribution in [0.5, 0.6) is 0 Å². The lowest BCUT2D eigenvalue weighted by Crippen LogP contribution is -2.37. The van der Waals surface area contributed by atoms with Crippen LogP contribution in [0.2, 0.25) is 0 Å². The van der Waals surface area contributed by atoms with E-state index in [1.807, 2.05) is 0 Å². The van der Waals surface area contributed by atoms with E-state index < -0.39 is 0 Å². The Morgan fingerprint density at radius 3 is 2.50 bits per heavy atom. The molecule has 0 saturated carbocycles. The van der Waals surface area contributed by atoms with Crippen molar-refractivity contribution in [3.63, 3.8) is 0 Å². The molecule has 2 aliphatic rings. The highest BCUT2D eigenvalue weighted by Gasteiger charge is 2.25. The normalized spacial score (nSPS) is 32.2. The summed E-state index contributed by atoms with van der Waals surface area (Å²) < 4.78 is 0. The maximum atomic E-state index is 3.72. The van der Waals surface area contributed by atoms with E-state index in [1.54, 1.807) is 0 Å². The molecule has 0 aromatic rings. The van der Waals surface area contributed by atoms with Crippen molar-refractivity contribution in [2.24, 2.45) is 5.92 Å². The first-order chi connectivity index (χ1) is 8.65. The Bertz CT molecular complexity index is 226. The van der Waals surface area contributed by atoms with Crippen LogP contribution in [0.25, 0.3) is 0 Å². The van der Waals surface area contributed by atoms with Gasteiger partial charge in [-0.1, -0.05) is 6.92 Å². The number of rotatable bonds is 5. The number of nitrogens with one attached hydrogen (secondary N) is 1. The number of likely N-dealkylation sites (N-methyl/N-ethyl adjacent to an activating group) is 1. The fourth-order valence-corrected chi connectivity index (χ4v) is 3.24. The van der Waals surface area contributed by atoms with Crippen molar-refractivity contribution in [1.82, 2.24) is 15.1 Å². The molecule has 0 bridgehead atoms. The molecule has 0 aromatic carbocycles. The second-order valence-corrected chi connectivity index (χ2v) is 6.55. The second-order valence-electron chi connectivity index (χ2n) is 6.55. The Kier molecular flexibility index (Phi) is 5.46. The second kappa shape index (κ2) is 6.88. The molecule has 0 spiro atoms. The van der Waals surface area contributed by atoms with Gasteiger partial charge in [-0.2, -0.15) is 0 Å². The first-order valence-electron chi connectivity index (χ1n) is 7.81. The van der Waals surface area contributed by atoms with Crippen molar-refractivity contribution >= 4 is 0 Å². The largest absolute Gasteiger partial charge is 0.313 e.